The number of hydrogen-bond donors (Lipinski definition) is 4. The van der Waals surface area contributed by atoms with E-state index in [1.165, 1.54) is 11.6 Å². The van der Waals surface area contributed by atoms with E-state index in [4.69, 9.17) is 19.8 Å². The van der Waals surface area contributed by atoms with Gasteiger partial charge in [-0.3, -0.25) is 20.1 Å². The number of alkyl carbamates (subject to hydrolysis) is 1. The number of rotatable bonds is 9. The van der Waals surface area contributed by atoms with E-state index in [9.17, 15) is 14.4 Å². The molecule has 0 unspecified atom stereocenters. The maximum Gasteiger partial charge on any atom is 0.414 e. The van der Waals surface area contributed by atoms with Crippen molar-refractivity contribution >= 4 is 17.9 Å². The predicted octanol–water partition coefficient (Wildman–Crippen LogP) is 2.36. The summed E-state index contributed by atoms with van der Waals surface area (Å²) < 4.78 is 10.8. The van der Waals surface area contributed by atoms with Crippen molar-refractivity contribution in [2.24, 2.45) is 5.92 Å². The zero-order chi connectivity index (χ0) is 22.6. The highest BCUT2D eigenvalue weighted by Gasteiger charge is 2.24. The molecule has 0 aromatic heterocycles. The van der Waals surface area contributed by atoms with Gasteiger partial charge in [0.2, 0.25) is 0 Å². The van der Waals surface area contributed by atoms with Gasteiger partial charge < -0.3 is 14.6 Å². The molecule has 0 fully saturated rings. The first-order valence-corrected chi connectivity index (χ1v) is 9.47. The average molecular weight is 428 g/mol. The van der Waals surface area contributed by atoms with Crippen LogP contribution in [0.25, 0.3) is 0 Å². The SMILES string of the molecule is C[C@@H](/C=C/C(=O)NO)[C@H](OC(=O)NC(=O)c1ccccc1)c1ccc(OCCO)cc1. The lowest BCUT2D eigenvalue weighted by Gasteiger charge is -2.23. The van der Waals surface area contributed by atoms with Crippen LogP contribution in [0.4, 0.5) is 4.79 Å². The zero-order valence-corrected chi connectivity index (χ0v) is 16.9. The minimum atomic E-state index is -0.952. The Morgan fingerprint density at radius 2 is 1.74 bits per heavy atom. The fraction of sp³-hybridized carbons (Fsp3) is 0.227. The number of ether oxygens (including phenoxy) is 2. The lowest BCUT2D eigenvalue weighted by molar-refractivity contribution is -0.124. The van der Waals surface area contributed by atoms with Crippen molar-refractivity contribution in [3.63, 3.8) is 0 Å². The highest BCUT2D eigenvalue weighted by Crippen LogP contribution is 2.29. The van der Waals surface area contributed by atoms with Crippen molar-refractivity contribution in [2.75, 3.05) is 13.2 Å². The predicted molar refractivity (Wildman–Crippen MR) is 110 cm³/mol. The highest BCUT2D eigenvalue weighted by atomic mass is 16.6. The van der Waals surface area contributed by atoms with Crippen LogP contribution in [0.3, 0.4) is 0 Å². The largest absolute Gasteiger partial charge is 0.491 e. The van der Waals surface area contributed by atoms with Crippen LogP contribution in [-0.4, -0.2) is 41.4 Å². The van der Waals surface area contributed by atoms with Gasteiger partial charge in [-0.25, -0.2) is 10.3 Å². The highest BCUT2D eigenvalue weighted by molar-refractivity contribution is 6.02. The van der Waals surface area contributed by atoms with Crippen LogP contribution in [0.1, 0.15) is 28.9 Å². The molecule has 0 radical (unpaired) electrons. The fourth-order valence-electron chi connectivity index (χ4n) is 2.67. The van der Waals surface area contributed by atoms with Crippen LogP contribution < -0.4 is 15.5 Å². The third-order valence-electron chi connectivity index (χ3n) is 4.19. The Labute approximate surface area is 179 Å². The maximum absolute atomic E-state index is 12.4. The smallest absolute Gasteiger partial charge is 0.414 e. The molecule has 0 spiro atoms. The zero-order valence-electron chi connectivity index (χ0n) is 16.9. The molecule has 0 bridgehead atoms. The minimum absolute atomic E-state index is 0.127. The summed E-state index contributed by atoms with van der Waals surface area (Å²) in [7, 11) is 0. The summed E-state index contributed by atoms with van der Waals surface area (Å²) in [5, 5.41) is 19.7. The van der Waals surface area contributed by atoms with E-state index in [0.29, 0.717) is 16.9 Å². The molecule has 0 heterocycles. The van der Waals surface area contributed by atoms with E-state index in [1.807, 2.05) is 0 Å². The van der Waals surface area contributed by atoms with Gasteiger partial charge in [0.25, 0.3) is 11.8 Å². The van der Waals surface area contributed by atoms with E-state index in [2.05, 4.69) is 5.32 Å². The number of aliphatic hydroxyl groups excluding tert-OH is 1. The third kappa shape index (κ3) is 7.57. The van der Waals surface area contributed by atoms with Crippen LogP contribution in [0.2, 0.25) is 0 Å². The Bertz CT molecular complexity index is 898. The molecule has 164 valence electrons. The first kappa shape index (κ1) is 23.6. The van der Waals surface area contributed by atoms with Crippen molar-refractivity contribution in [2.45, 2.75) is 13.0 Å². The number of nitrogens with one attached hydrogen (secondary N) is 2. The second-order valence-electron chi connectivity index (χ2n) is 6.48. The molecule has 0 aliphatic carbocycles. The van der Waals surface area contributed by atoms with Crippen molar-refractivity contribution < 1.29 is 34.2 Å². The van der Waals surface area contributed by atoms with Gasteiger partial charge in [-0.05, 0) is 29.8 Å². The van der Waals surface area contributed by atoms with E-state index >= 15 is 0 Å². The Hall–Kier alpha value is -3.69. The number of imide groups is 1. The number of aliphatic hydroxyl groups is 1. The van der Waals surface area contributed by atoms with Crippen molar-refractivity contribution in [3.05, 3.63) is 77.9 Å². The summed E-state index contributed by atoms with van der Waals surface area (Å²) in [6.07, 6.45) is 0.760. The molecule has 0 aliphatic heterocycles. The quantitative estimate of drug-likeness (QED) is 0.274. The van der Waals surface area contributed by atoms with Crippen molar-refractivity contribution in [1.29, 1.82) is 0 Å². The number of benzene rings is 2. The molecule has 2 aromatic rings. The van der Waals surface area contributed by atoms with Gasteiger partial charge in [-0.1, -0.05) is 43.3 Å². The number of hydrogen-bond acceptors (Lipinski definition) is 7. The second kappa shape index (κ2) is 12.1. The lowest BCUT2D eigenvalue weighted by atomic mass is 9.96. The molecule has 2 atom stereocenters. The van der Waals surface area contributed by atoms with Gasteiger partial charge in [-0.15, -0.1) is 0 Å². The normalized spacial score (nSPS) is 12.6. The van der Waals surface area contributed by atoms with Crippen molar-refractivity contribution in [3.8, 4) is 5.75 Å². The maximum atomic E-state index is 12.4. The second-order valence-corrected chi connectivity index (χ2v) is 6.48. The molecule has 9 nitrogen and oxygen atoms in total. The Balaban J connectivity index is 2.16. The molecule has 2 aromatic carbocycles. The van der Waals surface area contributed by atoms with Gasteiger partial charge in [0.15, 0.2) is 0 Å². The topological polar surface area (TPSA) is 134 Å². The molecule has 0 saturated carbocycles. The number of hydroxylamine groups is 1. The number of carbonyl (C=O) groups excluding carboxylic acids is 3. The molecule has 2 rings (SSSR count). The number of carbonyl (C=O) groups is 3. The van der Waals surface area contributed by atoms with E-state index in [1.54, 1.807) is 61.5 Å². The van der Waals surface area contributed by atoms with Crippen LogP contribution >= 0.6 is 0 Å². The molecule has 4 N–H and O–H groups in total. The van der Waals surface area contributed by atoms with Crippen LogP contribution in [0.15, 0.2) is 66.7 Å². The van der Waals surface area contributed by atoms with Gasteiger partial charge >= 0.3 is 6.09 Å². The van der Waals surface area contributed by atoms with Gasteiger partial charge in [0.05, 0.1) is 6.61 Å². The fourth-order valence-corrected chi connectivity index (χ4v) is 2.67. The van der Waals surface area contributed by atoms with Crippen LogP contribution in [0, 0.1) is 5.92 Å². The lowest BCUT2D eigenvalue weighted by Crippen LogP contribution is -2.33. The molecule has 31 heavy (non-hydrogen) atoms. The Morgan fingerprint density at radius 1 is 1.06 bits per heavy atom. The first-order valence-electron chi connectivity index (χ1n) is 9.47. The summed E-state index contributed by atoms with van der Waals surface area (Å²) in [5.41, 5.74) is 2.37. The average Bonchev–Trinajstić information content (AvgIpc) is 2.80. The van der Waals surface area contributed by atoms with Crippen molar-refractivity contribution in [1.82, 2.24) is 10.8 Å². The van der Waals surface area contributed by atoms with E-state index < -0.39 is 29.9 Å². The van der Waals surface area contributed by atoms with Crippen LogP contribution in [-0.2, 0) is 9.53 Å². The monoisotopic (exact) mass is 428 g/mol. The molecular formula is C22H24N2O7. The van der Waals surface area contributed by atoms with Gasteiger partial charge in [-0.2, -0.15) is 0 Å². The van der Waals surface area contributed by atoms with Gasteiger partial charge in [0, 0.05) is 17.6 Å². The Morgan fingerprint density at radius 3 is 2.35 bits per heavy atom. The van der Waals surface area contributed by atoms with Gasteiger partial charge in [0.1, 0.15) is 18.5 Å². The van der Waals surface area contributed by atoms with E-state index in [0.717, 1.165) is 6.08 Å². The van der Waals surface area contributed by atoms with E-state index in [-0.39, 0.29) is 13.2 Å². The molecule has 0 aliphatic rings. The first-order chi connectivity index (χ1) is 14.9. The standard InChI is InChI=1S/C22H24N2O7/c1-15(7-12-19(26)24-29)20(16-8-10-18(11-9-16)30-14-13-25)31-22(28)23-21(27)17-5-3-2-4-6-17/h2-12,15,20,25,29H,13-14H2,1H3,(H,24,26)(H,23,27,28)/b12-7+/t15-,20-/m0/s1. The molecule has 3 amide bonds. The molecule has 0 saturated heterocycles. The molecular weight excluding hydrogens is 404 g/mol. The summed E-state index contributed by atoms with van der Waals surface area (Å²) in [5.74, 6) is -1.32. The third-order valence-corrected chi connectivity index (χ3v) is 4.19. The summed E-state index contributed by atoms with van der Waals surface area (Å²) in [6.45, 7) is 1.71. The molecule has 9 heteroatoms. The summed E-state index contributed by atoms with van der Waals surface area (Å²) >= 11 is 0. The number of amides is 3. The minimum Gasteiger partial charge on any atom is -0.491 e. The van der Waals surface area contributed by atoms with Crippen LogP contribution in [0.5, 0.6) is 5.75 Å². The summed E-state index contributed by atoms with van der Waals surface area (Å²) in [4.78, 5) is 35.9. The summed E-state index contributed by atoms with van der Waals surface area (Å²) in [6, 6.07) is 14.8. The Kier molecular flexibility index (Phi) is 9.21.